The number of aryl methyl sites for hydroxylation is 1. The molecule has 0 amide bonds. The van der Waals surface area contributed by atoms with Gasteiger partial charge < -0.3 is 10.5 Å². The highest BCUT2D eigenvalue weighted by atomic mass is 32.1. The molecule has 4 heteroatoms. The molecule has 1 fully saturated rings. The average Bonchev–Trinajstić information content (AvgIpc) is 2.96. The summed E-state index contributed by atoms with van der Waals surface area (Å²) in [5.41, 5.74) is 6.51. The van der Waals surface area contributed by atoms with Crippen molar-refractivity contribution in [2.24, 2.45) is 11.1 Å². The van der Waals surface area contributed by atoms with E-state index in [-0.39, 0.29) is 11.2 Å². The van der Waals surface area contributed by atoms with E-state index >= 15 is 0 Å². The van der Waals surface area contributed by atoms with Crippen LogP contribution in [0.2, 0.25) is 0 Å². The monoisotopic (exact) mass is 253 g/mol. The van der Waals surface area contributed by atoms with Crippen LogP contribution in [0.25, 0.3) is 0 Å². The van der Waals surface area contributed by atoms with Crippen LogP contribution in [0.4, 0.5) is 4.39 Å². The summed E-state index contributed by atoms with van der Waals surface area (Å²) in [5.74, 6) is 0.500. The Morgan fingerprint density at radius 2 is 2.24 bits per heavy atom. The van der Waals surface area contributed by atoms with Crippen LogP contribution in [0.15, 0.2) is 18.2 Å². The molecule has 2 nitrogen and oxygen atoms in total. The third-order valence-electron chi connectivity index (χ3n) is 3.18. The van der Waals surface area contributed by atoms with Gasteiger partial charge in [-0.15, -0.1) is 0 Å². The first-order valence-corrected chi connectivity index (χ1v) is 6.09. The second-order valence-electron chi connectivity index (χ2n) is 4.84. The lowest BCUT2D eigenvalue weighted by molar-refractivity contribution is 0.237. The molecule has 2 rings (SSSR count). The summed E-state index contributed by atoms with van der Waals surface area (Å²) in [6.45, 7) is 2.45. The van der Waals surface area contributed by atoms with E-state index in [1.807, 2.05) is 6.92 Å². The second kappa shape index (κ2) is 4.61. The molecule has 1 aliphatic carbocycles. The van der Waals surface area contributed by atoms with Crippen molar-refractivity contribution >= 4 is 17.2 Å². The van der Waals surface area contributed by atoms with Crippen molar-refractivity contribution in [2.45, 2.75) is 26.2 Å². The Bertz CT molecular complexity index is 443. The number of ether oxygens (including phenoxy) is 1. The minimum Gasteiger partial charge on any atom is -0.493 e. The van der Waals surface area contributed by atoms with E-state index in [0.717, 1.165) is 30.6 Å². The van der Waals surface area contributed by atoms with Crippen LogP contribution in [-0.4, -0.2) is 11.6 Å². The minimum atomic E-state index is -0.237. The molecule has 2 N–H and O–H groups in total. The Morgan fingerprint density at radius 3 is 2.76 bits per heavy atom. The van der Waals surface area contributed by atoms with Crippen LogP contribution >= 0.6 is 12.2 Å². The fourth-order valence-electron chi connectivity index (χ4n) is 1.92. The smallest absolute Gasteiger partial charge is 0.123 e. The Labute approximate surface area is 106 Å². The van der Waals surface area contributed by atoms with Gasteiger partial charge in [0.2, 0.25) is 0 Å². The van der Waals surface area contributed by atoms with E-state index in [1.54, 1.807) is 6.07 Å². The summed E-state index contributed by atoms with van der Waals surface area (Å²) < 4.78 is 18.7. The van der Waals surface area contributed by atoms with Gasteiger partial charge in [-0.3, -0.25) is 0 Å². The first-order valence-electron chi connectivity index (χ1n) is 5.68. The Hall–Kier alpha value is -1.16. The summed E-state index contributed by atoms with van der Waals surface area (Å²) in [4.78, 5) is 0.543. The maximum absolute atomic E-state index is 12.9. The third kappa shape index (κ3) is 3.16. The van der Waals surface area contributed by atoms with Crippen molar-refractivity contribution < 1.29 is 9.13 Å². The molecule has 0 aliphatic heterocycles. The van der Waals surface area contributed by atoms with E-state index in [4.69, 9.17) is 22.7 Å². The van der Waals surface area contributed by atoms with E-state index in [1.165, 1.54) is 12.1 Å². The van der Waals surface area contributed by atoms with Crippen molar-refractivity contribution in [2.75, 3.05) is 6.61 Å². The summed E-state index contributed by atoms with van der Waals surface area (Å²) in [7, 11) is 0. The topological polar surface area (TPSA) is 35.2 Å². The Balaban J connectivity index is 1.96. The van der Waals surface area contributed by atoms with Gasteiger partial charge in [0.1, 0.15) is 11.6 Å². The number of thiocarbonyl (C=S) groups is 1. The molecule has 0 atom stereocenters. The molecule has 0 aromatic heterocycles. The van der Waals surface area contributed by atoms with Crippen LogP contribution < -0.4 is 10.5 Å². The largest absolute Gasteiger partial charge is 0.493 e. The Kier molecular flexibility index (Phi) is 3.33. The quantitative estimate of drug-likeness (QED) is 0.819. The highest BCUT2D eigenvalue weighted by molar-refractivity contribution is 7.80. The zero-order valence-corrected chi connectivity index (χ0v) is 10.6. The van der Waals surface area contributed by atoms with Crippen LogP contribution in [0.5, 0.6) is 5.75 Å². The molecule has 0 radical (unpaired) electrons. The molecule has 0 heterocycles. The van der Waals surface area contributed by atoms with E-state index in [9.17, 15) is 4.39 Å². The van der Waals surface area contributed by atoms with Gasteiger partial charge in [-0.1, -0.05) is 12.2 Å². The van der Waals surface area contributed by atoms with Crippen molar-refractivity contribution in [3.63, 3.8) is 0 Å². The average molecular weight is 253 g/mol. The van der Waals surface area contributed by atoms with Gasteiger partial charge in [-0.05, 0) is 43.5 Å². The van der Waals surface area contributed by atoms with Crippen LogP contribution in [0, 0.1) is 18.2 Å². The molecule has 0 bridgehead atoms. The maximum Gasteiger partial charge on any atom is 0.123 e. The molecule has 1 saturated carbocycles. The lowest BCUT2D eigenvalue weighted by Gasteiger charge is -2.16. The third-order valence-corrected chi connectivity index (χ3v) is 3.32. The number of halogens is 1. The number of hydrogen-bond acceptors (Lipinski definition) is 2. The lowest BCUT2D eigenvalue weighted by atomic mass is 10.0. The van der Waals surface area contributed by atoms with Crippen molar-refractivity contribution in [1.82, 2.24) is 0 Å². The summed E-state index contributed by atoms with van der Waals surface area (Å²) in [6.07, 6.45) is 2.94. The zero-order valence-electron chi connectivity index (χ0n) is 9.83. The standard InChI is InChI=1S/C13H16FNOS/c1-9-6-10(14)2-3-11(9)16-8-13(4-5-13)7-12(15)17/h2-3,6H,4-5,7-8H2,1H3,(H2,15,17). The molecule has 1 aliphatic rings. The summed E-state index contributed by atoms with van der Waals surface area (Å²) in [6, 6.07) is 4.56. The van der Waals surface area contributed by atoms with E-state index in [2.05, 4.69) is 0 Å². The first kappa shape index (κ1) is 12.3. The van der Waals surface area contributed by atoms with Gasteiger partial charge in [0.15, 0.2) is 0 Å². The molecule has 0 spiro atoms. The van der Waals surface area contributed by atoms with E-state index in [0.29, 0.717) is 11.6 Å². The van der Waals surface area contributed by atoms with Crippen molar-refractivity contribution in [3.8, 4) is 5.75 Å². The SMILES string of the molecule is Cc1cc(F)ccc1OCC1(CC(N)=S)CC1. The number of hydrogen-bond donors (Lipinski definition) is 1. The molecular formula is C13H16FNOS. The number of rotatable bonds is 5. The van der Waals surface area contributed by atoms with Gasteiger partial charge in [0.25, 0.3) is 0 Å². The zero-order chi connectivity index (χ0) is 12.5. The highest BCUT2D eigenvalue weighted by Gasteiger charge is 2.43. The van der Waals surface area contributed by atoms with Crippen molar-refractivity contribution in [3.05, 3.63) is 29.6 Å². The second-order valence-corrected chi connectivity index (χ2v) is 5.37. The molecule has 1 aromatic rings. The number of benzene rings is 1. The van der Waals surface area contributed by atoms with Crippen LogP contribution in [-0.2, 0) is 0 Å². The predicted octanol–water partition coefficient (Wildman–Crippen LogP) is 2.97. The van der Waals surface area contributed by atoms with Gasteiger partial charge in [-0.25, -0.2) is 4.39 Å². The molecule has 17 heavy (non-hydrogen) atoms. The fraction of sp³-hybridized carbons (Fsp3) is 0.462. The fourth-order valence-corrected chi connectivity index (χ4v) is 2.23. The summed E-state index contributed by atoms with van der Waals surface area (Å²) in [5, 5.41) is 0. The minimum absolute atomic E-state index is 0.132. The van der Waals surface area contributed by atoms with Crippen LogP contribution in [0.1, 0.15) is 24.8 Å². The predicted molar refractivity (Wildman–Crippen MR) is 69.7 cm³/mol. The lowest BCUT2D eigenvalue weighted by Crippen LogP contribution is -2.21. The van der Waals surface area contributed by atoms with Crippen molar-refractivity contribution in [1.29, 1.82) is 0 Å². The number of nitrogens with two attached hydrogens (primary N) is 1. The molecular weight excluding hydrogens is 237 g/mol. The molecule has 0 unspecified atom stereocenters. The molecule has 92 valence electrons. The highest BCUT2D eigenvalue weighted by Crippen LogP contribution is 2.49. The van der Waals surface area contributed by atoms with Gasteiger partial charge in [0, 0.05) is 11.8 Å². The normalized spacial score (nSPS) is 16.6. The van der Waals surface area contributed by atoms with Gasteiger partial charge in [0.05, 0.1) is 11.6 Å². The first-order chi connectivity index (χ1) is 8.01. The summed E-state index contributed by atoms with van der Waals surface area (Å²) >= 11 is 4.93. The molecule has 0 saturated heterocycles. The van der Waals surface area contributed by atoms with Crippen LogP contribution in [0.3, 0.4) is 0 Å². The van der Waals surface area contributed by atoms with Gasteiger partial charge >= 0.3 is 0 Å². The van der Waals surface area contributed by atoms with Gasteiger partial charge in [-0.2, -0.15) is 0 Å². The molecule has 1 aromatic carbocycles. The Morgan fingerprint density at radius 1 is 1.53 bits per heavy atom. The van der Waals surface area contributed by atoms with E-state index < -0.39 is 0 Å². The maximum atomic E-state index is 12.9.